The topological polar surface area (TPSA) is 84.2 Å². The summed E-state index contributed by atoms with van der Waals surface area (Å²) in [4.78, 5) is 21.4. The number of hydrogen-bond donors (Lipinski definition) is 1. The molecule has 1 saturated heterocycles. The van der Waals surface area contributed by atoms with Crippen LogP contribution < -0.4 is 10.2 Å². The Labute approximate surface area is 147 Å². The van der Waals surface area contributed by atoms with Crippen molar-refractivity contribution in [2.24, 2.45) is 0 Å². The first-order chi connectivity index (χ1) is 12.1. The molecule has 7 heteroatoms. The molecule has 132 valence electrons. The van der Waals surface area contributed by atoms with E-state index in [0.29, 0.717) is 6.04 Å². The van der Waals surface area contributed by atoms with Crippen molar-refractivity contribution >= 4 is 17.2 Å². The van der Waals surface area contributed by atoms with Crippen molar-refractivity contribution < 1.29 is 4.92 Å². The second-order valence-electron chi connectivity index (χ2n) is 6.38. The summed E-state index contributed by atoms with van der Waals surface area (Å²) in [5.41, 5.74) is 3.07. The summed E-state index contributed by atoms with van der Waals surface area (Å²) in [5.74, 6) is 0.997. The Kier molecular flexibility index (Phi) is 5.11. The lowest BCUT2D eigenvalue weighted by Gasteiger charge is -2.34. The molecule has 0 amide bonds. The maximum absolute atomic E-state index is 10.8. The zero-order valence-electron chi connectivity index (χ0n) is 14.6. The van der Waals surface area contributed by atoms with Crippen LogP contribution in [0.15, 0.2) is 30.6 Å². The number of hydrogen-bond acceptors (Lipinski definition) is 6. The van der Waals surface area contributed by atoms with Gasteiger partial charge in [-0.1, -0.05) is 6.92 Å². The molecule has 1 fully saturated rings. The van der Waals surface area contributed by atoms with E-state index in [1.54, 1.807) is 24.5 Å². The van der Waals surface area contributed by atoms with Gasteiger partial charge in [0.15, 0.2) is 0 Å². The number of nitrogens with one attached hydrogen (secondary N) is 1. The molecule has 1 aromatic heterocycles. The lowest BCUT2D eigenvalue weighted by Crippen LogP contribution is -2.39. The van der Waals surface area contributed by atoms with Crippen LogP contribution in [0.4, 0.5) is 17.2 Å². The van der Waals surface area contributed by atoms with Gasteiger partial charge in [0, 0.05) is 48.7 Å². The lowest BCUT2D eigenvalue weighted by molar-refractivity contribution is -0.384. The molecule has 0 unspecified atom stereocenters. The van der Waals surface area contributed by atoms with Crippen LogP contribution in [0.5, 0.6) is 0 Å². The maximum atomic E-state index is 10.8. The Bertz CT molecular complexity index is 757. The minimum Gasteiger partial charge on any atom is -0.382 e. The molecule has 1 aliphatic rings. The second kappa shape index (κ2) is 7.46. The molecule has 0 atom stereocenters. The molecule has 25 heavy (non-hydrogen) atoms. The average molecular weight is 341 g/mol. The third-order valence-electron chi connectivity index (χ3n) is 4.67. The molecule has 2 heterocycles. The van der Waals surface area contributed by atoms with Gasteiger partial charge in [0.25, 0.3) is 5.69 Å². The molecule has 0 aliphatic carbocycles. The smallest absolute Gasteiger partial charge is 0.269 e. The summed E-state index contributed by atoms with van der Waals surface area (Å²) in [6, 6.07) is 7.40. The quantitative estimate of drug-likeness (QED) is 0.663. The van der Waals surface area contributed by atoms with Gasteiger partial charge in [-0.2, -0.15) is 0 Å². The van der Waals surface area contributed by atoms with Gasteiger partial charge >= 0.3 is 0 Å². The first-order valence-electron chi connectivity index (χ1n) is 8.64. The van der Waals surface area contributed by atoms with E-state index in [4.69, 9.17) is 0 Å². The predicted octanol–water partition coefficient (Wildman–Crippen LogP) is 3.34. The van der Waals surface area contributed by atoms with Crippen molar-refractivity contribution in [2.75, 3.05) is 23.3 Å². The Morgan fingerprint density at radius 2 is 2.04 bits per heavy atom. The molecule has 0 bridgehead atoms. The van der Waals surface area contributed by atoms with Gasteiger partial charge in [-0.05, 0) is 37.8 Å². The second-order valence-corrected chi connectivity index (χ2v) is 6.38. The highest BCUT2D eigenvalue weighted by molar-refractivity contribution is 5.56. The third kappa shape index (κ3) is 4.04. The van der Waals surface area contributed by atoms with Crippen molar-refractivity contribution in [1.82, 2.24) is 9.97 Å². The third-order valence-corrected chi connectivity index (χ3v) is 4.67. The van der Waals surface area contributed by atoms with Crippen LogP contribution in [-0.2, 0) is 6.42 Å². The van der Waals surface area contributed by atoms with Crippen LogP contribution in [0.1, 0.15) is 31.0 Å². The van der Waals surface area contributed by atoms with Gasteiger partial charge in [-0.3, -0.25) is 10.1 Å². The molecule has 7 nitrogen and oxygen atoms in total. The Morgan fingerprint density at radius 1 is 1.28 bits per heavy atom. The summed E-state index contributed by atoms with van der Waals surface area (Å²) >= 11 is 0. The zero-order valence-corrected chi connectivity index (χ0v) is 14.6. The maximum Gasteiger partial charge on any atom is 0.269 e. The van der Waals surface area contributed by atoms with E-state index in [9.17, 15) is 10.1 Å². The van der Waals surface area contributed by atoms with Crippen LogP contribution in [0, 0.1) is 17.0 Å². The summed E-state index contributed by atoms with van der Waals surface area (Å²) < 4.78 is 0. The lowest BCUT2D eigenvalue weighted by atomic mass is 10.0. The number of rotatable bonds is 5. The minimum absolute atomic E-state index is 0.133. The van der Waals surface area contributed by atoms with Crippen LogP contribution in [0.2, 0.25) is 0 Å². The number of aryl methyl sites for hydroxylation is 2. The number of piperidine rings is 1. The minimum atomic E-state index is -0.360. The molecule has 2 aromatic rings. The van der Waals surface area contributed by atoms with Crippen molar-refractivity contribution in [1.29, 1.82) is 0 Å². The SMILES string of the molecule is CCc1cc(N2CCC(Nc3ccc([N+](=O)[O-])cc3C)CC2)ncn1. The molecule has 1 aliphatic heterocycles. The van der Waals surface area contributed by atoms with E-state index in [2.05, 4.69) is 33.2 Å². The normalized spacial score (nSPS) is 15.2. The number of nitro groups is 1. The number of nitro benzene ring substituents is 1. The highest BCUT2D eigenvalue weighted by atomic mass is 16.6. The van der Waals surface area contributed by atoms with Crippen LogP contribution in [0.25, 0.3) is 0 Å². The fourth-order valence-corrected chi connectivity index (χ4v) is 3.15. The van der Waals surface area contributed by atoms with E-state index in [1.807, 2.05) is 6.92 Å². The molecule has 0 spiro atoms. The standard InChI is InChI=1S/C18H23N5O2/c1-3-14-11-18(20-12-19-14)22-8-6-15(7-9-22)21-17-5-4-16(23(24)25)10-13(17)2/h4-5,10-12,15,21H,3,6-9H2,1-2H3. The molecule has 3 rings (SSSR count). The number of non-ortho nitro benzene ring substituents is 1. The van der Waals surface area contributed by atoms with Crippen molar-refractivity contribution in [3.63, 3.8) is 0 Å². The fourth-order valence-electron chi connectivity index (χ4n) is 3.15. The van der Waals surface area contributed by atoms with Gasteiger partial charge in [0.1, 0.15) is 12.1 Å². The number of anilines is 2. The largest absolute Gasteiger partial charge is 0.382 e. The van der Waals surface area contributed by atoms with Gasteiger partial charge in [-0.15, -0.1) is 0 Å². The Hall–Kier alpha value is -2.70. The first kappa shape index (κ1) is 17.1. The summed E-state index contributed by atoms with van der Waals surface area (Å²) in [6.45, 7) is 5.86. The average Bonchev–Trinajstić information content (AvgIpc) is 2.64. The number of aromatic nitrogens is 2. The highest BCUT2D eigenvalue weighted by Crippen LogP contribution is 2.25. The molecule has 0 radical (unpaired) electrons. The van der Waals surface area contributed by atoms with Gasteiger partial charge < -0.3 is 10.2 Å². The van der Waals surface area contributed by atoms with Crippen molar-refractivity contribution in [3.8, 4) is 0 Å². The number of benzene rings is 1. The molecule has 1 N–H and O–H groups in total. The van der Waals surface area contributed by atoms with Gasteiger partial charge in [0.2, 0.25) is 0 Å². The van der Waals surface area contributed by atoms with Crippen molar-refractivity contribution in [3.05, 3.63) is 52.0 Å². The molecular formula is C18H23N5O2. The summed E-state index contributed by atoms with van der Waals surface area (Å²) in [7, 11) is 0. The molecule has 0 saturated carbocycles. The van der Waals surface area contributed by atoms with E-state index in [0.717, 1.165) is 55.1 Å². The van der Waals surface area contributed by atoms with E-state index < -0.39 is 0 Å². The first-order valence-corrected chi connectivity index (χ1v) is 8.64. The van der Waals surface area contributed by atoms with Crippen LogP contribution in [-0.4, -0.2) is 34.0 Å². The molecular weight excluding hydrogens is 318 g/mol. The zero-order chi connectivity index (χ0) is 17.8. The molecule has 1 aromatic carbocycles. The number of nitrogens with zero attached hydrogens (tertiary/aromatic N) is 4. The fraction of sp³-hybridized carbons (Fsp3) is 0.444. The van der Waals surface area contributed by atoms with Crippen molar-refractivity contribution in [2.45, 2.75) is 39.2 Å². The Balaban J connectivity index is 1.60. The highest BCUT2D eigenvalue weighted by Gasteiger charge is 2.21. The van der Waals surface area contributed by atoms with Gasteiger partial charge in [0.05, 0.1) is 4.92 Å². The van der Waals surface area contributed by atoms with E-state index in [-0.39, 0.29) is 10.6 Å². The Morgan fingerprint density at radius 3 is 2.68 bits per heavy atom. The van der Waals surface area contributed by atoms with E-state index >= 15 is 0 Å². The van der Waals surface area contributed by atoms with E-state index in [1.165, 1.54) is 0 Å². The summed E-state index contributed by atoms with van der Waals surface area (Å²) in [5, 5.41) is 14.4. The van der Waals surface area contributed by atoms with Crippen LogP contribution >= 0.6 is 0 Å². The van der Waals surface area contributed by atoms with Crippen LogP contribution in [0.3, 0.4) is 0 Å². The summed E-state index contributed by atoms with van der Waals surface area (Å²) in [6.07, 6.45) is 4.55. The predicted molar refractivity (Wildman–Crippen MR) is 98.1 cm³/mol. The van der Waals surface area contributed by atoms with Gasteiger partial charge in [-0.25, -0.2) is 9.97 Å². The monoisotopic (exact) mass is 341 g/mol.